The van der Waals surface area contributed by atoms with Crippen LogP contribution in [0, 0.1) is 0 Å². The Morgan fingerprint density at radius 1 is 0.234 bits per heavy atom. The summed E-state index contributed by atoms with van der Waals surface area (Å²) in [5.41, 5.74) is 19.6. The highest BCUT2D eigenvalue weighted by Gasteiger charge is 2.23. The van der Waals surface area contributed by atoms with Gasteiger partial charge in [-0.15, -0.1) is 0 Å². The van der Waals surface area contributed by atoms with E-state index in [1.807, 2.05) is 0 Å². The van der Waals surface area contributed by atoms with Crippen molar-refractivity contribution in [1.29, 1.82) is 0 Å². The zero-order chi connectivity index (χ0) is 41.9. The van der Waals surface area contributed by atoms with Crippen molar-refractivity contribution in [3.63, 3.8) is 0 Å². The van der Waals surface area contributed by atoms with E-state index >= 15 is 0 Å². The zero-order valence-corrected chi connectivity index (χ0v) is 34.8. The predicted octanol–water partition coefficient (Wildman–Crippen LogP) is 16.8. The summed E-state index contributed by atoms with van der Waals surface area (Å²) in [5.74, 6) is 0. The Hall–Kier alpha value is -8.46. The summed E-state index contributed by atoms with van der Waals surface area (Å²) in [6.07, 6.45) is 0. The molecule has 0 radical (unpaired) electrons. The summed E-state index contributed by atoms with van der Waals surface area (Å²) in [7, 11) is 0. The molecule has 1 aliphatic carbocycles. The molecule has 0 atom stereocenters. The summed E-state index contributed by atoms with van der Waals surface area (Å²) in [6.45, 7) is 0. The van der Waals surface area contributed by atoms with Gasteiger partial charge in [0.1, 0.15) is 0 Å². The van der Waals surface area contributed by atoms with Crippen LogP contribution >= 0.6 is 0 Å². The maximum atomic E-state index is 2.51. The van der Waals surface area contributed by atoms with Gasteiger partial charge >= 0.3 is 0 Å². The topological polar surface area (TPSA) is 9.86 Å². The third kappa shape index (κ3) is 5.08. The fourth-order valence-corrected chi connectivity index (χ4v) is 11.0. The number of nitrogens with zero attached hydrogens (tertiary/aromatic N) is 2. The number of hydrogen-bond acceptors (Lipinski definition) is 0. The third-order valence-electron chi connectivity index (χ3n) is 13.8. The number of hydrogen-bond donors (Lipinski definition) is 0. The molecule has 0 aliphatic heterocycles. The lowest BCUT2D eigenvalue weighted by Crippen LogP contribution is -1.96. The summed E-state index contributed by atoms with van der Waals surface area (Å²) >= 11 is 0. The van der Waals surface area contributed by atoms with E-state index in [9.17, 15) is 0 Å². The highest BCUT2D eigenvalue weighted by Crippen LogP contribution is 2.49. The molecule has 2 aromatic heterocycles. The van der Waals surface area contributed by atoms with Crippen LogP contribution in [-0.2, 0) is 0 Å². The monoisotopic (exact) mass is 810 g/mol. The molecule has 2 heterocycles. The smallest absolute Gasteiger partial charge is 0.0619 e. The van der Waals surface area contributed by atoms with Gasteiger partial charge < -0.3 is 9.13 Å². The van der Waals surface area contributed by atoms with Gasteiger partial charge in [0.15, 0.2) is 0 Å². The molecule has 13 aromatic rings. The Labute approximate surface area is 370 Å². The van der Waals surface area contributed by atoms with Gasteiger partial charge in [-0.05, 0) is 126 Å². The SMILES string of the molecule is c1ccc(-n2c3ccccc3c3cc(-c4ccc5c6ccc7ccccc7c6n(-c6cccc(-c7ccccc7-c7ccc8c(c7)-c7cccc9cccc-8c79)c6)c5c4)ccc32)cc1. The molecule has 0 N–H and O–H groups in total. The summed E-state index contributed by atoms with van der Waals surface area (Å²) in [6, 6.07) is 85.3. The second-order valence-corrected chi connectivity index (χ2v) is 17.2. The quantitative estimate of drug-likeness (QED) is 0.164. The van der Waals surface area contributed by atoms with Gasteiger partial charge in [-0.25, -0.2) is 0 Å². The molecule has 0 fully saturated rings. The number of aromatic nitrogens is 2. The van der Waals surface area contributed by atoms with Crippen molar-refractivity contribution in [3.8, 4) is 67.0 Å². The van der Waals surface area contributed by atoms with Gasteiger partial charge in [0.2, 0.25) is 0 Å². The van der Waals surface area contributed by atoms with Crippen molar-refractivity contribution in [2.75, 3.05) is 0 Å². The van der Waals surface area contributed by atoms with Crippen LogP contribution in [-0.4, -0.2) is 9.13 Å². The second kappa shape index (κ2) is 13.5. The number of para-hydroxylation sites is 2. The molecule has 296 valence electrons. The Bertz CT molecular complexity index is 4060. The van der Waals surface area contributed by atoms with Crippen LogP contribution in [0.5, 0.6) is 0 Å². The first-order valence-corrected chi connectivity index (χ1v) is 22.2. The first-order valence-electron chi connectivity index (χ1n) is 22.2. The van der Waals surface area contributed by atoms with Crippen LogP contribution in [0.15, 0.2) is 231 Å². The van der Waals surface area contributed by atoms with Crippen LogP contribution in [0.1, 0.15) is 0 Å². The first kappa shape index (κ1) is 35.2. The van der Waals surface area contributed by atoms with Gasteiger partial charge in [-0.3, -0.25) is 0 Å². The minimum Gasteiger partial charge on any atom is -0.309 e. The number of benzene rings is 11. The Morgan fingerprint density at radius 2 is 0.828 bits per heavy atom. The molecule has 0 spiro atoms. The van der Waals surface area contributed by atoms with Gasteiger partial charge in [-0.2, -0.15) is 0 Å². The normalized spacial score (nSPS) is 12.1. The van der Waals surface area contributed by atoms with Crippen LogP contribution in [0.3, 0.4) is 0 Å². The highest BCUT2D eigenvalue weighted by atomic mass is 15.0. The molecule has 11 aromatic carbocycles. The van der Waals surface area contributed by atoms with Crippen molar-refractivity contribution < 1.29 is 0 Å². The number of fused-ring (bicyclic) bond motifs is 11. The van der Waals surface area contributed by atoms with Crippen LogP contribution in [0.25, 0.3) is 132 Å². The van der Waals surface area contributed by atoms with Crippen LogP contribution in [0.4, 0.5) is 0 Å². The van der Waals surface area contributed by atoms with Crippen LogP contribution < -0.4 is 0 Å². The van der Waals surface area contributed by atoms with E-state index in [2.05, 4.69) is 240 Å². The summed E-state index contributed by atoms with van der Waals surface area (Å²) in [5, 5.41) is 10.1. The lowest BCUT2D eigenvalue weighted by molar-refractivity contribution is 1.18. The van der Waals surface area contributed by atoms with Gasteiger partial charge in [0, 0.05) is 38.3 Å². The third-order valence-corrected chi connectivity index (χ3v) is 13.8. The Kier molecular flexibility index (Phi) is 7.43. The standard InChI is InChI=1S/C62H38N2/c1-2-17-45(18-3-1)63-58-26-9-8-23-51(58)57-36-41(30-34-59(57)63)42-28-32-52-55-33-27-39-13-4-5-22-49(39)62(55)64(60(52)38-42)46-19-10-16-43(35-46)47-20-6-7-21-48(47)44-29-31-50-53-24-11-14-40-15-12-25-54(61(40)53)56(50)37-44/h1-38H. The molecule has 0 saturated heterocycles. The van der Waals surface area contributed by atoms with Crippen molar-refractivity contribution in [1.82, 2.24) is 9.13 Å². The second-order valence-electron chi connectivity index (χ2n) is 17.2. The van der Waals surface area contributed by atoms with E-state index in [1.165, 1.54) is 126 Å². The lowest BCUT2D eigenvalue weighted by Gasteiger charge is -2.15. The minimum atomic E-state index is 1.14. The fraction of sp³-hybridized carbons (Fsp3) is 0. The van der Waals surface area contributed by atoms with Crippen molar-refractivity contribution >= 4 is 65.2 Å². The van der Waals surface area contributed by atoms with E-state index in [4.69, 9.17) is 0 Å². The minimum absolute atomic E-state index is 1.14. The molecule has 64 heavy (non-hydrogen) atoms. The van der Waals surface area contributed by atoms with E-state index in [0.717, 1.165) is 5.69 Å². The molecule has 2 nitrogen and oxygen atoms in total. The summed E-state index contributed by atoms with van der Waals surface area (Å²) < 4.78 is 4.89. The number of rotatable bonds is 5. The molecule has 0 bridgehead atoms. The van der Waals surface area contributed by atoms with Crippen molar-refractivity contribution in [3.05, 3.63) is 231 Å². The van der Waals surface area contributed by atoms with E-state index in [0.29, 0.717) is 0 Å². The summed E-state index contributed by atoms with van der Waals surface area (Å²) in [4.78, 5) is 0. The van der Waals surface area contributed by atoms with Gasteiger partial charge in [0.05, 0.1) is 22.1 Å². The maximum absolute atomic E-state index is 2.51. The largest absolute Gasteiger partial charge is 0.309 e. The molecular weight excluding hydrogens is 773 g/mol. The van der Waals surface area contributed by atoms with Gasteiger partial charge in [-0.1, -0.05) is 176 Å². The lowest BCUT2D eigenvalue weighted by atomic mass is 9.91. The van der Waals surface area contributed by atoms with E-state index in [-0.39, 0.29) is 0 Å². The van der Waals surface area contributed by atoms with Crippen molar-refractivity contribution in [2.45, 2.75) is 0 Å². The average Bonchev–Trinajstić information content (AvgIpc) is 4.00. The maximum Gasteiger partial charge on any atom is 0.0619 e. The van der Waals surface area contributed by atoms with Crippen LogP contribution in [0.2, 0.25) is 0 Å². The fourth-order valence-electron chi connectivity index (χ4n) is 11.0. The molecule has 0 saturated carbocycles. The molecule has 14 rings (SSSR count). The average molecular weight is 811 g/mol. The molecule has 0 unspecified atom stereocenters. The molecular formula is C62H38N2. The Balaban J connectivity index is 0.947. The highest BCUT2D eigenvalue weighted by molar-refractivity contribution is 6.20. The van der Waals surface area contributed by atoms with Crippen molar-refractivity contribution in [2.24, 2.45) is 0 Å². The van der Waals surface area contributed by atoms with Gasteiger partial charge in [0.25, 0.3) is 0 Å². The molecule has 2 heteroatoms. The Morgan fingerprint density at radius 3 is 1.69 bits per heavy atom. The van der Waals surface area contributed by atoms with E-state index in [1.54, 1.807) is 0 Å². The first-order chi connectivity index (χ1) is 31.7. The zero-order valence-electron chi connectivity index (χ0n) is 34.8. The van der Waals surface area contributed by atoms with E-state index < -0.39 is 0 Å². The molecule has 1 aliphatic rings. The molecule has 0 amide bonds. The predicted molar refractivity (Wildman–Crippen MR) is 271 cm³/mol.